The van der Waals surface area contributed by atoms with Gasteiger partial charge in [0.05, 0.1) is 23.0 Å². The number of hydrogen-bond acceptors (Lipinski definition) is 8. The molecule has 0 bridgehead atoms. The number of aromatic hydroxyl groups is 1. The summed E-state index contributed by atoms with van der Waals surface area (Å²) in [5.74, 6) is -2.84. The number of aromatic nitrogens is 3. The Balaban J connectivity index is 1.39. The minimum Gasteiger partial charge on any atom is -0.508 e. The highest BCUT2D eigenvalue weighted by Gasteiger charge is 2.49. The van der Waals surface area contributed by atoms with Gasteiger partial charge in [-0.15, -0.1) is 6.42 Å². The molecule has 0 radical (unpaired) electrons. The zero-order valence-electron chi connectivity index (χ0n) is 24.0. The van der Waals surface area contributed by atoms with Crippen molar-refractivity contribution >= 4 is 27.5 Å². The number of alkyl halides is 3. The average molecular weight is 625 g/mol. The van der Waals surface area contributed by atoms with Gasteiger partial charge < -0.3 is 20.5 Å². The van der Waals surface area contributed by atoms with E-state index in [2.05, 4.69) is 20.9 Å². The summed E-state index contributed by atoms with van der Waals surface area (Å²) in [5, 5.41) is 11.0. The van der Waals surface area contributed by atoms with Gasteiger partial charge in [-0.1, -0.05) is 12.0 Å². The SMILES string of the molecule is C#Cc1c(F)ccc2cc(O)cc(-c3ncc4c(N5CC(N)CC(F)(F)C5)nc(OC[C@@]56CCCN5C[C@H](F)C6)nc4c3F)c12. The molecule has 4 aromatic rings. The molecule has 3 saturated heterocycles. The lowest BCUT2D eigenvalue weighted by Crippen LogP contribution is -2.53. The fourth-order valence-corrected chi connectivity index (χ4v) is 7.22. The number of anilines is 1. The van der Waals surface area contributed by atoms with Crippen molar-refractivity contribution in [3.63, 3.8) is 0 Å². The van der Waals surface area contributed by atoms with E-state index in [-0.39, 0.29) is 76.8 Å². The highest BCUT2D eigenvalue weighted by Crippen LogP contribution is 2.42. The van der Waals surface area contributed by atoms with Crippen molar-refractivity contribution < 1.29 is 31.8 Å². The van der Waals surface area contributed by atoms with E-state index in [1.165, 1.54) is 29.3 Å². The molecule has 7 rings (SSSR count). The van der Waals surface area contributed by atoms with Crippen molar-refractivity contribution in [3.05, 3.63) is 47.7 Å². The van der Waals surface area contributed by atoms with Crippen LogP contribution in [0.5, 0.6) is 11.8 Å². The monoisotopic (exact) mass is 624 g/mol. The van der Waals surface area contributed by atoms with Gasteiger partial charge in [0.2, 0.25) is 0 Å². The third-order valence-electron chi connectivity index (χ3n) is 9.06. The van der Waals surface area contributed by atoms with Crippen molar-refractivity contribution in [3.8, 4) is 35.4 Å². The number of phenols is 1. The number of piperidine rings is 1. The van der Waals surface area contributed by atoms with Gasteiger partial charge in [-0.3, -0.25) is 9.88 Å². The molecular weight excluding hydrogens is 595 g/mol. The Bertz CT molecular complexity index is 1880. The number of nitrogens with two attached hydrogens (primary N) is 1. The number of terminal acetylenes is 1. The maximum Gasteiger partial charge on any atom is 0.319 e. The van der Waals surface area contributed by atoms with Gasteiger partial charge in [0, 0.05) is 49.1 Å². The van der Waals surface area contributed by atoms with E-state index in [1.807, 2.05) is 4.90 Å². The van der Waals surface area contributed by atoms with Crippen molar-refractivity contribution in [2.75, 3.05) is 37.7 Å². The Kier molecular flexibility index (Phi) is 6.98. The van der Waals surface area contributed by atoms with Gasteiger partial charge >= 0.3 is 6.01 Å². The van der Waals surface area contributed by atoms with E-state index in [9.17, 15) is 22.7 Å². The predicted octanol–water partition coefficient (Wildman–Crippen LogP) is 4.94. The Labute approximate surface area is 255 Å². The first kappa shape index (κ1) is 29.4. The van der Waals surface area contributed by atoms with Gasteiger partial charge in [-0.2, -0.15) is 9.97 Å². The normalized spacial score (nSPS) is 24.7. The van der Waals surface area contributed by atoms with Crippen LogP contribution in [0.25, 0.3) is 32.9 Å². The van der Waals surface area contributed by atoms with E-state index in [0.29, 0.717) is 11.8 Å². The van der Waals surface area contributed by atoms with Crippen molar-refractivity contribution in [2.45, 2.75) is 49.4 Å². The number of rotatable bonds is 5. The topological polar surface area (TPSA) is 101 Å². The molecule has 1 unspecified atom stereocenters. The molecular formula is C32H29F5N6O2. The lowest BCUT2D eigenvalue weighted by atomic mass is 9.95. The Morgan fingerprint density at radius 2 is 1.98 bits per heavy atom. The summed E-state index contributed by atoms with van der Waals surface area (Å²) in [6.45, 7) is 0.314. The number of pyridine rings is 1. The molecule has 3 atom stereocenters. The van der Waals surface area contributed by atoms with Gasteiger partial charge in [0.15, 0.2) is 5.82 Å². The van der Waals surface area contributed by atoms with E-state index in [0.717, 1.165) is 19.0 Å². The van der Waals surface area contributed by atoms with Crippen LogP contribution in [0.15, 0.2) is 30.5 Å². The molecule has 5 heterocycles. The maximum atomic E-state index is 16.6. The first-order valence-electron chi connectivity index (χ1n) is 14.7. The maximum absolute atomic E-state index is 16.6. The van der Waals surface area contributed by atoms with E-state index >= 15 is 4.39 Å². The Morgan fingerprint density at radius 3 is 2.76 bits per heavy atom. The molecule has 0 aliphatic carbocycles. The number of phenolic OH excluding ortho intramolecular Hbond substituents is 1. The number of fused-ring (bicyclic) bond motifs is 3. The summed E-state index contributed by atoms with van der Waals surface area (Å²) in [6, 6.07) is 3.95. The largest absolute Gasteiger partial charge is 0.508 e. The third-order valence-corrected chi connectivity index (χ3v) is 9.06. The molecule has 0 saturated carbocycles. The molecule has 3 fully saturated rings. The van der Waals surface area contributed by atoms with Crippen LogP contribution in [-0.2, 0) is 0 Å². The van der Waals surface area contributed by atoms with Crippen LogP contribution < -0.4 is 15.4 Å². The molecule has 2 aromatic heterocycles. The predicted molar refractivity (Wildman–Crippen MR) is 158 cm³/mol. The van der Waals surface area contributed by atoms with Crippen molar-refractivity contribution in [2.24, 2.45) is 5.73 Å². The molecule has 13 heteroatoms. The quantitative estimate of drug-likeness (QED) is 0.238. The fourth-order valence-electron chi connectivity index (χ4n) is 7.22. The second-order valence-electron chi connectivity index (χ2n) is 12.2. The fraction of sp³-hybridized carbons (Fsp3) is 0.406. The average Bonchev–Trinajstić information content (AvgIpc) is 3.50. The lowest BCUT2D eigenvalue weighted by Gasteiger charge is -2.37. The number of halogens is 5. The molecule has 3 aliphatic heterocycles. The summed E-state index contributed by atoms with van der Waals surface area (Å²) in [4.78, 5) is 16.3. The van der Waals surface area contributed by atoms with Crippen LogP contribution in [0.2, 0.25) is 0 Å². The van der Waals surface area contributed by atoms with Gasteiger partial charge in [0.25, 0.3) is 5.92 Å². The summed E-state index contributed by atoms with van der Waals surface area (Å²) in [6.07, 6.45) is 7.13. The van der Waals surface area contributed by atoms with E-state index in [1.54, 1.807) is 0 Å². The van der Waals surface area contributed by atoms with Gasteiger partial charge in [0.1, 0.15) is 41.4 Å². The minimum atomic E-state index is -3.14. The van der Waals surface area contributed by atoms with Crippen LogP contribution in [0.4, 0.5) is 27.8 Å². The lowest BCUT2D eigenvalue weighted by molar-refractivity contribution is -0.0173. The Hall–Kier alpha value is -4.28. The smallest absolute Gasteiger partial charge is 0.319 e. The van der Waals surface area contributed by atoms with Crippen molar-refractivity contribution in [1.29, 1.82) is 0 Å². The van der Waals surface area contributed by atoms with Gasteiger partial charge in [-0.25, -0.2) is 22.0 Å². The molecule has 2 aromatic carbocycles. The standard InChI is InChI=1S/C32H29F5N6O2/c1-2-21-24(34)5-4-17-8-20(44)9-22(25(17)21)27-26(35)28-23(12-39-27)29(42-14-19(38)11-32(36,37)15-42)41-30(40-28)45-16-31-6-3-7-43(31)13-18(33)10-31/h1,4-5,8-9,12,18-19,44H,3,6-7,10-11,13-16,38H2/t18-,19?,31+/m1/s1. The van der Waals surface area contributed by atoms with Crippen LogP contribution in [0.3, 0.4) is 0 Å². The summed E-state index contributed by atoms with van der Waals surface area (Å²) >= 11 is 0. The summed E-state index contributed by atoms with van der Waals surface area (Å²) in [5.41, 5.74) is 4.65. The second-order valence-corrected chi connectivity index (χ2v) is 12.2. The van der Waals surface area contributed by atoms with E-state index in [4.69, 9.17) is 16.9 Å². The Morgan fingerprint density at radius 1 is 1.16 bits per heavy atom. The second kappa shape index (κ2) is 10.7. The summed E-state index contributed by atoms with van der Waals surface area (Å²) in [7, 11) is 0. The number of nitrogens with zero attached hydrogens (tertiary/aromatic N) is 5. The van der Waals surface area contributed by atoms with E-state index < -0.39 is 48.3 Å². The first-order valence-corrected chi connectivity index (χ1v) is 14.7. The highest BCUT2D eigenvalue weighted by atomic mass is 19.3. The van der Waals surface area contributed by atoms with Crippen molar-refractivity contribution in [1.82, 2.24) is 19.9 Å². The molecule has 0 spiro atoms. The molecule has 234 valence electrons. The zero-order valence-corrected chi connectivity index (χ0v) is 24.0. The number of benzene rings is 2. The van der Waals surface area contributed by atoms with Gasteiger partial charge in [-0.05, 0) is 43.0 Å². The summed E-state index contributed by atoms with van der Waals surface area (Å²) < 4.78 is 81.2. The van der Waals surface area contributed by atoms with Crippen LogP contribution in [0.1, 0.15) is 31.2 Å². The molecule has 0 amide bonds. The minimum absolute atomic E-state index is 0.00596. The molecule has 3 N–H and O–H groups in total. The number of hydrogen-bond donors (Lipinski definition) is 2. The molecule has 45 heavy (non-hydrogen) atoms. The highest BCUT2D eigenvalue weighted by molar-refractivity contribution is 6.03. The third kappa shape index (κ3) is 5.06. The number of ether oxygens (including phenoxy) is 1. The van der Waals surface area contributed by atoms with Crippen LogP contribution in [-0.4, -0.2) is 81.4 Å². The van der Waals surface area contributed by atoms with Crippen LogP contribution in [0, 0.1) is 24.0 Å². The molecule has 8 nitrogen and oxygen atoms in total. The zero-order chi connectivity index (χ0) is 31.7. The first-order chi connectivity index (χ1) is 21.5. The van der Waals surface area contributed by atoms with Crippen LogP contribution >= 0.6 is 0 Å². The molecule has 3 aliphatic rings.